The third-order valence-corrected chi connectivity index (χ3v) is 3.83. The van der Waals surface area contributed by atoms with Gasteiger partial charge in [-0.3, -0.25) is 4.79 Å². The van der Waals surface area contributed by atoms with Gasteiger partial charge in [-0.1, -0.05) is 55.2 Å². The first-order chi connectivity index (χ1) is 9.49. The summed E-state index contributed by atoms with van der Waals surface area (Å²) >= 11 is 12.0. The number of nitrogens with one attached hydrogen (secondary N) is 1. The number of benzene rings is 2. The van der Waals surface area contributed by atoms with E-state index < -0.39 is 0 Å². The van der Waals surface area contributed by atoms with Crippen LogP contribution >= 0.6 is 23.2 Å². The Bertz CT molecular complexity index is 638. The topological polar surface area (TPSA) is 29.1 Å². The lowest BCUT2D eigenvalue weighted by Gasteiger charge is -2.10. The van der Waals surface area contributed by atoms with Crippen LogP contribution in [0.25, 0.3) is 0 Å². The summed E-state index contributed by atoms with van der Waals surface area (Å²) in [6.07, 6.45) is 0. The van der Waals surface area contributed by atoms with Gasteiger partial charge in [0.15, 0.2) is 0 Å². The van der Waals surface area contributed by atoms with Crippen LogP contribution in [0.2, 0.25) is 10.0 Å². The molecule has 4 heteroatoms. The van der Waals surface area contributed by atoms with Crippen molar-refractivity contribution in [1.82, 2.24) is 0 Å². The Kier molecular flexibility index (Phi) is 4.69. The standard InChI is InChI=1S/C16H15Cl2NO/c1-10(2)11-5-3-6-12(9-11)19-16(20)13-7-4-8-14(17)15(13)18/h3-10H,1-2H3,(H,19,20). The summed E-state index contributed by atoms with van der Waals surface area (Å²) in [5, 5.41) is 3.48. The lowest BCUT2D eigenvalue weighted by molar-refractivity contribution is 0.102. The van der Waals surface area contributed by atoms with E-state index in [1.165, 1.54) is 5.56 Å². The van der Waals surface area contributed by atoms with E-state index in [9.17, 15) is 4.79 Å². The molecule has 2 aromatic rings. The molecule has 0 unspecified atom stereocenters. The zero-order valence-electron chi connectivity index (χ0n) is 11.3. The predicted molar refractivity (Wildman–Crippen MR) is 84.9 cm³/mol. The molecule has 104 valence electrons. The molecule has 0 spiro atoms. The molecule has 0 radical (unpaired) electrons. The molecule has 0 fully saturated rings. The van der Waals surface area contributed by atoms with Crippen LogP contribution < -0.4 is 5.32 Å². The third kappa shape index (κ3) is 3.33. The Balaban J connectivity index is 2.24. The van der Waals surface area contributed by atoms with E-state index in [4.69, 9.17) is 23.2 Å². The van der Waals surface area contributed by atoms with Crippen LogP contribution in [0.3, 0.4) is 0 Å². The van der Waals surface area contributed by atoms with E-state index >= 15 is 0 Å². The Morgan fingerprint density at radius 1 is 1.10 bits per heavy atom. The van der Waals surface area contributed by atoms with Crippen LogP contribution in [0.1, 0.15) is 35.7 Å². The minimum Gasteiger partial charge on any atom is -0.322 e. The number of halogens is 2. The van der Waals surface area contributed by atoms with Crippen molar-refractivity contribution in [2.75, 3.05) is 5.32 Å². The molecule has 0 heterocycles. The number of carbonyl (C=O) groups excluding carboxylic acids is 1. The molecule has 1 N–H and O–H groups in total. The maximum absolute atomic E-state index is 12.2. The zero-order chi connectivity index (χ0) is 14.7. The molecule has 0 bridgehead atoms. The summed E-state index contributed by atoms with van der Waals surface area (Å²) in [4.78, 5) is 12.2. The van der Waals surface area contributed by atoms with Crippen LogP contribution in [0.4, 0.5) is 5.69 Å². The van der Waals surface area contributed by atoms with Gasteiger partial charge in [0.25, 0.3) is 5.91 Å². The van der Waals surface area contributed by atoms with E-state index in [0.29, 0.717) is 16.5 Å². The number of anilines is 1. The molecule has 2 aromatic carbocycles. The maximum Gasteiger partial charge on any atom is 0.257 e. The summed E-state index contributed by atoms with van der Waals surface area (Å²) in [6.45, 7) is 4.21. The normalized spacial score (nSPS) is 10.7. The van der Waals surface area contributed by atoms with Crippen molar-refractivity contribution in [3.05, 3.63) is 63.6 Å². The second-order valence-electron chi connectivity index (χ2n) is 4.84. The van der Waals surface area contributed by atoms with E-state index in [1.54, 1.807) is 18.2 Å². The molecule has 2 rings (SSSR count). The molecular formula is C16H15Cl2NO. The molecule has 0 saturated carbocycles. The first-order valence-electron chi connectivity index (χ1n) is 6.34. The zero-order valence-corrected chi connectivity index (χ0v) is 12.8. The Morgan fingerprint density at radius 2 is 1.80 bits per heavy atom. The molecule has 0 atom stereocenters. The predicted octanol–water partition coefficient (Wildman–Crippen LogP) is 5.37. The van der Waals surface area contributed by atoms with Crippen molar-refractivity contribution >= 4 is 34.8 Å². The molecule has 2 nitrogen and oxygen atoms in total. The third-order valence-electron chi connectivity index (χ3n) is 3.01. The van der Waals surface area contributed by atoms with E-state index in [1.807, 2.05) is 24.3 Å². The van der Waals surface area contributed by atoms with Gasteiger partial charge in [-0.15, -0.1) is 0 Å². The molecule has 0 aliphatic rings. The minimum absolute atomic E-state index is 0.265. The van der Waals surface area contributed by atoms with Crippen molar-refractivity contribution in [2.45, 2.75) is 19.8 Å². The number of rotatable bonds is 3. The second kappa shape index (κ2) is 6.29. The van der Waals surface area contributed by atoms with Gasteiger partial charge in [-0.2, -0.15) is 0 Å². The van der Waals surface area contributed by atoms with E-state index in [-0.39, 0.29) is 10.9 Å². The van der Waals surface area contributed by atoms with Gasteiger partial charge >= 0.3 is 0 Å². The SMILES string of the molecule is CC(C)c1cccc(NC(=O)c2cccc(Cl)c2Cl)c1. The average Bonchev–Trinajstić information content (AvgIpc) is 2.42. The maximum atomic E-state index is 12.2. The summed E-state index contributed by atoms with van der Waals surface area (Å²) in [6, 6.07) is 12.8. The van der Waals surface area contributed by atoms with Gasteiger partial charge in [0, 0.05) is 5.69 Å². The number of hydrogen-bond acceptors (Lipinski definition) is 1. The fourth-order valence-corrected chi connectivity index (χ4v) is 2.24. The summed E-state index contributed by atoms with van der Waals surface area (Å²) in [5.41, 5.74) is 2.28. The van der Waals surface area contributed by atoms with Crippen molar-refractivity contribution in [3.63, 3.8) is 0 Å². The number of carbonyl (C=O) groups is 1. The lowest BCUT2D eigenvalue weighted by atomic mass is 10.0. The molecule has 0 aliphatic carbocycles. The summed E-state index contributed by atoms with van der Waals surface area (Å²) in [5.74, 6) is 0.139. The molecule has 0 saturated heterocycles. The first-order valence-corrected chi connectivity index (χ1v) is 7.10. The fraction of sp³-hybridized carbons (Fsp3) is 0.188. The van der Waals surface area contributed by atoms with Crippen LogP contribution in [0, 0.1) is 0 Å². The highest BCUT2D eigenvalue weighted by Gasteiger charge is 2.13. The average molecular weight is 308 g/mol. The summed E-state index contributed by atoms with van der Waals surface area (Å²) in [7, 11) is 0. The Labute approximate surface area is 128 Å². The lowest BCUT2D eigenvalue weighted by Crippen LogP contribution is -2.12. The van der Waals surface area contributed by atoms with Crippen molar-refractivity contribution in [2.24, 2.45) is 0 Å². The monoisotopic (exact) mass is 307 g/mol. The van der Waals surface area contributed by atoms with Crippen molar-refractivity contribution < 1.29 is 4.79 Å². The van der Waals surface area contributed by atoms with Crippen LogP contribution in [0.5, 0.6) is 0 Å². The molecule has 1 amide bonds. The number of amides is 1. The van der Waals surface area contributed by atoms with Gasteiger partial charge in [-0.25, -0.2) is 0 Å². The fourth-order valence-electron chi connectivity index (χ4n) is 1.85. The Hall–Kier alpha value is -1.51. The molecule has 0 aliphatic heterocycles. The number of hydrogen-bond donors (Lipinski definition) is 1. The largest absolute Gasteiger partial charge is 0.322 e. The van der Waals surface area contributed by atoms with Gasteiger partial charge in [-0.05, 0) is 35.7 Å². The smallest absolute Gasteiger partial charge is 0.257 e. The highest BCUT2D eigenvalue weighted by molar-refractivity contribution is 6.44. The van der Waals surface area contributed by atoms with Gasteiger partial charge in [0.05, 0.1) is 15.6 Å². The van der Waals surface area contributed by atoms with Crippen molar-refractivity contribution in [3.8, 4) is 0 Å². The Morgan fingerprint density at radius 3 is 2.50 bits per heavy atom. The summed E-state index contributed by atoms with van der Waals surface area (Å²) < 4.78 is 0. The van der Waals surface area contributed by atoms with Gasteiger partial charge < -0.3 is 5.32 Å². The van der Waals surface area contributed by atoms with E-state index in [2.05, 4.69) is 19.2 Å². The first kappa shape index (κ1) is 14.9. The molecule has 0 aromatic heterocycles. The second-order valence-corrected chi connectivity index (χ2v) is 5.62. The van der Waals surface area contributed by atoms with Crippen LogP contribution in [-0.2, 0) is 0 Å². The molecule has 20 heavy (non-hydrogen) atoms. The minimum atomic E-state index is -0.265. The highest BCUT2D eigenvalue weighted by Crippen LogP contribution is 2.26. The quantitative estimate of drug-likeness (QED) is 0.811. The van der Waals surface area contributed by atoms with Gasteiger partial charge in [0.1, 0.15) is 0 Å². The van der Waals surface area contributed by atoms with Gasteiger partial charge in [0.2, 0.25) is 0 Å². The van der Waals surface area contributed by atoms with E-state index in [0.717, 1.165) is 5.69 Å². The molecular weight excluding hydrogens is 293 g/mol. The van der Waals surface area contributed by atoms with Crippen molar-refractivity contribution in [1.29, 1.82) is 0 Å². The highest BCUT2D eigenvalue weighted by atomic mass is 35.5. The van der Waals surface area contributed by atoms with Crippen LogP contribution in [-0.4, -0.2) is 5.91 Å². The van der Waals surface area contributed by atoms with Crippen LogP contribution in [0.15, 0.2) is 42.5 Å².